The fourth-order valence-corrected chi connectivity index (χ4v) is 7.23. The molecule has 0 amide bonds. The lowest BCUT2D eigenvalue weighted by Crippen LogP contribution is -2.40. The molecule has 1 heterocycles. The molecule has 1 aliphatic heterocycles. The van der Waals surface area contributed by atoms with E-state index < -0.39 is 0 Å². The Balaban J connectivity index is 1.36. The second kappa shape index (κ2) is 12.2. The molecule has 0 aromatic heterocycles. The van der Waals surface area contributed by atoms with Gasteiger partial charge in [-0.15, -0.1) is 0 Å². The van der Waals surface area contributed by atoms with Crippen LogP contribution >= 0.6 is 0 Å². The van der Waals surface area contributed by atoms with Crippen LogP contribution in [0.25, 0.3) is 11.6 Å². The molecule has 3 aromatic carbocycles. The van der Waals surface area contributed by atoms with Gasteiger partial charge in [-0.3, -0.25) is 0 Å². The summed E-state index contributed by atoms with van der Waals surface area (Å²) in [5, 5.41) is 4.27. The Morgan fingerprint density at radius 2 is 1.50 bits per heavy atom. The highest BCUT2D eigenvalue weighted by molar-refractivity contribution is 5.67. The average molecular weight is 524 g/mol. The first kappa shape index (κ1) is 26.5. The molecule has 0 radical (unpaired) electrons. The number of hydrogen-bond acceptors (Lipinski definition) is 1. The molecule has 1 fully saturated rings. The molecule has 1 nitrogen and oxygen atoms in total. The summed E-state index contributed by atoms with van der Waals surface area (Å²) in [7, 11) is 0. The number of nitrogens with one attached hydrogen (secondary N) is 1. The molecule has 202 valence electrons. The second-order valence-electron chi connectivity index (χ2n) is 11.7. The van der Waals surface area contributed by atoms with Crippen molar-refractivity contribution < 1.29 is 0 Å². The van der Waals surface area contributed by atoms with Crippen molar-refractivity contribution in [2.45, 2.75) is 56.5 Å². The van der Waals surface area contributed by atoms with Crippen molar-refractivity contribution in [1.29, 1.82) is 0 Å². The van der Waals surface area contributed by atoms with Crippen molar-refractivity contribution in [2.75, 3.05) is 0 Å². The van der Waals surface area contributed by atoms with E-state index >= 15 is 0 Å². The Morgan fingerprint density at radius 1 is 0.775 bits per heavy atom. The van der Waals surface area contributed by atoms with Crippen LogP contribution < -0.4 is 5.32 Å². The molecule has 6 rings (SSSR count). The lowest BCUT2D eigenvalue weighted by molar-refractivity contribution is 0.273. The van der Waals surface area contributed by atoms with Crippen molar-refractivity contribution in [3.05, 3.63) is 156 Å². The van der Waals surface area contributed by atoms with Gasteiger partial charge in [0.25, 0.3) is 0 Å². The van der Waals surface area contributed by atoms with Crippen LogP contribution in [-0.2, 0) is 0 Å². The molecular formula is C39H41N. The highest BCUT2D eigenvalue weighted by Gasteiger charge is 2.41. The average Bonchev–Trinajstić information content (AvgIpc) is 3.19. The Morgan fingerprint density at radius 3 is 2.12 bits per heavy atom. The first-order valence-corrected chi connectivity index (χ1v) is 15.0. The zero-order valence-electron chi connectivity index (χ0n) is 23.5. The molecule has 5 unspecified atom stereocenters. The van der Waals surface area contributed by atoms with Crippen LogP contribution in [0.15, 0.2) is 134 Å². The van der Waals surface area contributed by atoms with Gasteiger partial charge in [0.2, 0.25) is 0 Å². The molecule has 3 aromatic rings. The van der Waals surface area contributed by atoms with Gasteiger partial charge in [0.15, 0.2) is 0 Å². The van der Waals surface area contributed by atoms with E-state index in [4.69, 9.17) is 6.58 Å². The second-order valence-corrected chi connectivity index (χ2v) is 11.7. The van der Waals surface area contributed by atoms with Crippen LogP contribution in [0.1, 0.15) is 72.7 Å². The van der Waals surface area contributed by atoms with E-state index in [1.807, 2.05) is 6.08 Å². The highest BCUT2D eigenvalue weighted by atomic mass is 15.0. The van der Waals surface area contributed by atoms with Crippen molar-refractivity contribution >= 4 is 11.6 Å². The van der Waals surface area contributed by atoms with Crippen LogP contribution in [-0.4, -0.2) is 6.04 Å². The largest absolute Gasteiger partial charge is 0.302 e. The van der Waals surface area contributed by atoms with Crippen molar-refractivity contribution in [1.82, 2.24) is 5.32 Å². The number of rotatable bonds is 6. The minimum atomic E-state index is 0.232. The summed E-state index contributed by atoms with van der Waals surface area (Å²) in [6.45, 7) is 8.76. The molecule has 0 saturated carbocycles. The third-order valence-corrected chi connectivity index (χ3v) is 9.32. The standard InChI is InChI=1S/C39H41N/c1-3-29-19-21-30(22-20-29)31-23-25-33(26-24-31)37-28(2)27-36(32-13-7-4-8-14-32)38(34-15-9-5-10-16-34)40-39(37)35-17-11-6-12-18-35/h3-4,6-9,11-23,33,36-40H,1-2,5,10,24-27H2. The third-order valence-electron chi connectivity index (χ3n) is 9.32. The molecule has 1 N–H and O–H groups in total. The minimum absolute atomic E-state index is 0.232. The van der Waals surface area contributed by atoms with Crippen LogP contribution in [0.4, 0.5) is 0 Å². The Labute approximate surface area is 240 Å². The van der Waals surface area contributed by atoms with Gasteiger partial charge in [-0.05, 0) is 77.8 Å². The molecule has 0 bridgehead atoms. The summed E-state index contributed by atoms with van der Waals surface area (Å²) in [6, 6.07) is 31.6. The van der Waals surface area contributed by atoms with E-state index in [0.29, 0.717) is 17.8 Å². The monoisotopic (exact) mass is 523 g/mol. The van der Waals surface area contributed by atoms with Crippen molar-refractivity contribution in [3.63, 3.8) is 0 Å². The zero-order valence-corrected chi connectivity index (χ0v) is 23.5. The quantitative estimate of drug-likeness (QED) is 0.317. The van der Waals surface area contributed by atoms with E-state index in [1.165, 1.54) is 45.4 Å². The van der Waals surface area contributed by atoms with Crippen LogP contribution in [0.2, 0.25) is 0 Å². The number of benzene rings is 3. The van der Waals surface area contributed by atoms with Gasteiger partial charge in [-0.2, -0.15) is 0 Å². The van der Waals surface area contributed by atoms with Gasteiger partial charge >= 0.3 is 0 Å². The van der Waals surface area contributed by atoms with Crippen molar-refractivity contribution in [3.8, 4) is 0 Å². The summed E-state index contributed by atoms with van der Waals surface area (Å²) in [5.74, 6) is 1.30. The first-order chi connectivity index (χ1) is 19.7. The van der Waals surface area contributed by atoms with E-state index in [0.717, 1.165) is 32.1 Å². The van der Waals surface area contributed by atoms with E-state index in [-0.39, 0.29) is 12.1 Å². The van der Waals surface area contributed by atoms with Crippen LogP contribution in [0.3, 0.4) is 0 Å². The molecule has 1 saturated heterocycles. The summed E-state index contributed by atoms with van der Waals surface area (Å²) >= 11 is 0. The molecule has 1 heteroatoms. The molecule has 2 aliphatic carbocycles. The van der Waals surface area contributed by atoms with Gasteiger partial charge in [0, 0.05) is 23.9 Å². The third kappa shape index (κ3) is 5.62. The minimum Gasteiger partial charge on any atom is -0.302 e. The molecule has 0 spiro atoms. The Kier molecular flexibility index (Phi) is 8.11. The lowest BCUT2D eigenvalue weighted by atomic mass is 9.71. The fourth-order valence-electron chi connectivity index (χ4n) is 7.23. The number of allylic oxidation sites excluding steroid dienone is 4. The fraction of sp³-hybridized carbons (Fsp3) is 0.282. The van der Waals surface area contributed by atoms with Gasteiger partial charge in [0.1, 0.15) is 0 Å². The maximum absolute atomic E-state index is 4.85. The van der Waals surface area contributed by atoms with E-state index in [2.05, 4.69) is 121 Å². The maximum atomic E-state index is 4.85. The zero-order chi connectivity index (χ0) is 27.3. The SMILES string of the molecule is C=Cc1ccc(C2=CCC(C3C(=C)CC(c4ccccc4)C(C4=CCCC=C4)NC3c3ccccc3)CC2)cc1. The molecule has 3 aliphatic rings. The normalized spacial score (nSPS) is 26.9. The topological polar surface area (TPSA) is 12.0 Å². The predicted octanol–water partition coefficient (Wildman–Crippen LogP) is 9.85. The van der Waals surface area contributed by atoms with Crippen LogP contribution in [0, 0.1) is 11.8 Å². The highest BCUT2D eigenvalue weighted by Crippen LogP contribution is 2.48. The van der Waals surface area contributed by atoms with Gasteiger partial charge in [-0.25, -0.2) is 0 Å². The lowest BCUT2D eigenvalue weighted by Gasteiger charge is -2.37. The first-order valence-electron chi connectivity index (χ1n) is 15.0. The Bertz CT molecular complexity index is 1410. The summed E-state index contributed by atoms with van der Waals surface area (Å²) in [5.41, 5.74) is 9.62. The summed E-state index contributed by atoms with van der Waals surface area (Å²) < 4.78 is 0. The molecular weight excluding hydrogens is 482 g/mol. The van der Waals surface area contributed by atoms with E-state index in [1.54, 1.807) is 0 Å². The number of hydrogen-bond donors (Lipinski definition) is 1. The Hall–Kier alpha value is -3.68. The van der Waals surface area contributed by atoms with Crippen molar-refractivity contribution in [2.24, 2.45) is 11.8 Å². The van der Waals surface area contributed by atoms with Gasteiger partial charge < -0.3 is 5.32 Å². The summed E-state index contributed by atoms with van der Waals surface area (Å²) in [4.78, 5) is 0. The predicted molar refractivity (Wildman–Crippen MR) is 171 cm³/mol. The summed E-state index contributed by atoms with van der Waals surface area (Å²) in [6.07, 6.45) is 18.3. The van der Waals surface area contributed by atoms with E-state index in [9.17, 15) is 0 Å². The van der Waals surface area contributed by atoms with Gasteiger partial charge in [0.05, 0.1) is 0 Å². The smallest absolute Gasteiger partial charge is 0.0394 e. The van der Waals surface area contributed by atoms with Crippen LogP contribution in [0.5, 0.6) is 0 Å². The molecule has 40 heavy (non-hydrogen) atoms. The molecule has 5 atom stereocenters. The maximum Gasteiger partial charge on any atom is 0.0394 e. The van der Waals surface area contributed by atoms with Gasteiger partial charge in [-0.1, -0.05) is 134 Å².